The summed E-state index contributed by atoms with van der Waals surface area (Å²) < 4.78 is 0. The predicted octanol–water partition coefficient (Wildman–Crippen LogP) is 4.69. The third-order valence-corrected chi connectivity index (χ3v) is 4.23. The molecule has 2 rings (SSSR count). The number of hydrogen-bond acceptors (Lipinski definition) is 5. The summed E-state index contributed by atoms with van der Waals surface area (Å²) in [5.74, 6) is -1.02. The highest BCUT2D eigenvalue weighted by atomic mass is 35.5. The molecule has 0 heterocycles. The van der Waals surface area contributed by atoms with Crippen molar-refractivity contribution in [2.75, 3.05) is 5.32 Å². The molecule has 0 radical (unpaired) electrons. The number of rotatable bonds is 6. The number of carbonyl (C=O) groups excluding carboxylic acids is 2. The molecule has 0 atom stereocenters. The van der Waals surface area contributed by atoms with Crippen molar-refractivity contribution in [3.63, 3.8) is 0 Å². The van der Waals surface area contributed by atoms with E-state index in [4.69, 9.17) is 34.8 Å². The van der Waals surface area contributed by atoms with Crippen molar-refractivity contribution in [2.24, 2.45) is 5.10 Å². The summed E-state index contributed by atoms with van der Waals surface area (Å²) in [4.78, 5) is 34.2. The van der Waals surface area contributed by atoms with Crippen LogP contribution in [-0.4, -0.2) is 22.4 Å². The molecular weight excluding hydrogens is 431 g/mol. The molecule has 0 aliphatic rings. The van der Waals surface area contributed by atoms with Gasteiger partial charge < -0.3 is 5.32 Å². The second-order valence-electron chi connectivity index (χ2n) is 5.56. The lowest BCUT2D eigenvalue weighted by Gasteiger charge is -2.07. The minimum atomic E-state index is -0.655. The molecular formula is C17H13Cl3N4O4. The molecule has 2 amide bonds. The van der Waals surface area contributed by atoms with Gasteiger partial charge in [0.05, 0.1) is 22.1 Å². The Morgan fingerprint density at radius 1 is 1.11 bits per heavy atom. The van der Waals surface area contributed by atoms with E-state index in [0.717, 1.165) is 12.1 Å². The number of benzene rings is 2. The standard InChI is InChI=1S/C17H13Cl3N4O4/c1-9(6-16(25)21-14-4-3-11(18)8-12(14)19)22-23-17(26)10-2-5-15(24(27)28)13(20)7-10/h2-5,7-8H,6H2,1H3,(H,21,25)(H,23,26)/b22-9+. The number of nitro benzene ring substituents is 1. The van der Waals surface area contributed by atoms with Gasteiger partial charge in [-0.05, 0) is 37.3 Å². The van der Waals surface area contributed by atoms with Crippen LogP contribution in [0.5, 0.6) is 0 Å². The summed E-state index contributed by atoms with van der Waals surface area (Å²) in [7, 11) is 0. The minimum Gasteiger partial charge on any atom is -0.324 e. The Balaban J connectivity index is 1.96. The average Bonchev–Trinajstić information content (AvgIpc) is 2.61. The van der Waals surface area contributed by atoms with Crippen LogP contribution in [0.25, 0.3) is 0 Å². The van der Waals surface area contributed by atoms with Crippen molar-refractivity contribution in [3.05, 3.63) is 67.1 Å². The molecule has 2 N–H and O–H groups in total. The summed E-state index contributed by atoms with van der Waals surface area (Å²) in [5, 5.41) is 17.7. The van der Waals surface area contributed by atoms with Crippen molar-refractivity contribution < 1.29 is 14.5 Å². The zero-order valence-corrected chi connectivity index (χ0v) is 16.6. The average molecular weight is 444 g/mol. The Morgan fingerprint density at radius 3 is 2.43 bits per heavy atom. The maximum Gasteiger partial charge on any atom is 0.287 e. The summed E-state index contributed by atoms with van der Waals surface area (Å²) in [6, 6.07) is 8.18. The smallest absolute Gasteiger partial charge is 0.287 e. The van der Waals surface area contributed by atoms with Gasteiger partial charge in [0.2, 0.25) is 5.91 Å². The molecule has 0 aliphatic heterocycles. The van der Waals surface area contributed by atoms with E-state index in [-0.39, 0.29) is 22.7 Å². The van der Waals surface area contributed by atoms with Gasteiger partial charge >= 0.3 is 0 Å². The third kappa shape index (κ3) is 5.91. The van der Waals surface area contributed by atoms with Crippen LogP contribution in [-0.2, 0) is 4.79 Å². The van der Waals surface area contributed by atoms with E-state index in [1.54, 1.807) is 19.1 Å². The quantitative estimate of drug-likeness (QED) is 0.383. The largest absolute Gasteiger partial charge is 0.324 e. The van der Waals surface area contributed by atoms with Gasteiger partial charge in [0, 0.05) is 22.4 Å². The van der Waals surface area contributed by atoms with Gasteiger partial charge in [-0.2, -0.15) is 5.10 Å². The number of nitro groups is 1. The lowest BCUT2D eigenvalue weighted by molar-refractivity contribution is -0.384. The fraction of sp³-hybridized carbons (Fsp3) is 0.118. The van der Waals surface area contributed by atoms with Crippen LogP contribution >= 0.6 is 34.8 Å². The van der Waals surface area contributed by atoms with E-state index in [1.807, 2.05) is 0 Å². The number of hydrazone groups is 1. The van der Waals surface area contributed by atoms with Gasteiger partial charge in [-0.1, -0.05) is 34.8 Å². The van der Waals surface area contributed by atoms with Gasteiger partial charge in [-0.15, -0.1) is 0 Å². The molecule has 0 saturated heterocycles. The third-order valence-electron chi connectivity index (χ3n) is 3.38. The fourth-order valence-electron chi connectivity index (χ4n) is 2.06. The number of nitrogens with one attached hydrogen (secondary N) is 2. The predicted molar refractivity (Wildman–Crippen MR) is 108 cm³/mol. The van der Waals surface area contributed by atoms with E-state index in [2.05, 4.69) is 15.8 Å². The molecule has 0 aromatic heterocycles. The van der Waals surface area contributed by atoms with Crippen molar-refractivity contribution >= 4 is 63.7 Å². The van der Waals surface area contributed by atoms with E-state index in [1.165, 1.54) is 12.1 Å². The molecule has 146 valence electrons. The minimum absolute atomic E-state index is 0.0875. The van der Waals surface area contributed by atoms with Gasteiger partial charge in [-0.25, -0.2) is 5.43 Å². The second-order valence-corrected chi connectivity index (χ2v) is 6.81. The SMILES string of the molecule is C/C(CC(=O)Nc1ccc(Cl)cc1Cl)=N\NC(=O)c1ccc([N+](=O)[O-])c(Cl)c1. The second kappa shape index (κ2) is 9.50. The van der Waals surface area contributed by atoms with Crippen LogP contribution in [0.4, 0.5) is 11.4 Å². The highest BCUT2D eigenvalue weighted by molar-refractivity contribution is 6.36. The van der Waals surface area contributed by atoms with E-state index >= 15 is 0 Å². The molecule has 0 fully saturated rings. The Morgan fingerprint density at radius 2 is 1.82 bits per heavy atom. The van der Waals surface area contributed by atoms with Crippen LogP contribution in [0.15, 0.2) is 41.5 Å². The number of halogens is 3. The number of hydrogen-bond donors (Lipinski definition) is 2. The maximum absolute atomic E-state index is 12.1. The Hall–Kier alpha value is -2.68. The summed E-state index contributed by atoms with van der Waals surface area (Å²) in [6.45, 7) is 1.55. The molecule has 2 aromatic carbocycles. The number of carbonyl (C=O) groups is 2. The van der Waals surface area contributed by atoms with E-state index in [9.17, 15) is 19.7 Å². The van der Waals surface area contributed by atoms with Crippen molar-refractivity contribution in [1.29, 1.82) is 0 Å². The molecule has 11 heteroatoms. The lowest BCUT2D eigenvalue weighted by Crippen LogP contribution is -2.21. The molecule has 0 unspecified atom stereocenters. The Bertz CT molecular complexity index is 979. The van der Waals surface area contributed by atoms with Crippen LogP contribution in [0, 0.1) is 10.1 Å². The normalized spacial score (nSPS) is 11.1. The van der Waals surface area contributed by atoms with Crippen LogP contribution in [0.2, 0.25) is 15.1 Å². The first-order valence-corrected chi connectivity index (χ1v) is 8.83. The summed E-state index contributed by atoms with van der Waals surface area (Å²) in [6.07, 6.45) is -0.0970. The number of nitrogens with zero attached hydrogens (tertiary/aromatic N) is 2. The number of amides is 2. The van der Waals surface area contributed by atoms with E-state index < -0.39 is 16.7 Å². The van der Waals surface area contributed by atoms with Gasteiger partial charge in [0.1, 0.15) is 5.02 Å². The fourth-order valence-corrected chi connectivity index (χ4v) is 2.77. The maximum atomic E-state index is 12.1. The van der Waals surface area contributed by atoms with Gasteiger partial charge in [-0.3, -0.25) is 19.7 Å². The van der Waals surface area contributed by atoms with Crippen LogP contribution in [0.1, 0.15) is 23.7 Å². The van der Waals surface area contributed by atoms with Crippen LogP contribution < -0.4 is 10.7 Å². The van der Waals surface area contributed by atoms with Crippen molar-refractivity contribution in [3.8, 4) is 0 Å². The Kier molecular flexibility index (Phi) is 7.33. The molecule has 2 aromatic rings. The molecule has 8 nitrogen and oxygen atoms in total. The Labute approximate surface area is 174 Å². The van der Waals surface area contributed by atoms with E-state index in [0.29, 0.717) is 21.4 Å². The zero-order valence-electron chi connectivity index (χ0n) is 14.3. The van der Waals surface area contributed by atoms with Gasteiger partial charge in [0.25, 0.3) is 11.6 Å². The topological polar surface area (TPSA) is 114 Å². The molecule has 0 saturated carbocycles. The molecule has 0 aliphatic carbocycles. The first-order chi connectivity index (χ1) is 13.2. The zero-order chi connectivity index (χ0) is 20.8. The first-order valence-electron chi connectivity index (χ1n) is 7.69. The highest BCUT2D eigenvalue weighted by Gasteiger charge is 2.15. The summed E-state index contributed by atoms with van der Waals surface area (Å²) >= 11 is 17.5. The molecule has 0 spiro atoms. The summed E-state index contributed by atoms with van der Waals surface area (Å²) in [5.41, 5.74) is 2.76. The molecule has 28 heavy (non-hydrogen) atoms. The van der Waals surface area contributed by atoms with Gasteiger partial charge in [0.15, 0.2) is 0 Å². The van der Waals surface area contributed by atoms with Crippen molar-refractivity contribution in [2.45, 2.75) is 13.3 Å². The molecule has 0 bridgehead atoms. The number of anilines is 1. The van der Waals surface area contributed by atoms with Crippen LogP contribution in [0.3, 0.4) is 0 Å². The highest BCUT2D eigenvalue weighted by Crippen LogP contribution is 2.26. The monoisotopic (exact) mass is 442 g/mol. The van der Waals surface area contributed by atoms with Crippen molar-refractivity contribution in [1.82, 2.24) is 5.43 Å². The lowest BCUT2D eigenvalue weighted by atomic mass is 10.2. The first kappa shape index (κ1) is 21.6.